The summed E-state index contributed by atoms with van der Waals surface area (Å²) in [5.41, 5.74) is 0. The summed E-state index contributed by atoms with van der Waals surface area (Å²) >= 11 is 0. The number of morpholine rings is 1. The van der Waals surface area contributed by atoms with Crippen molar-refractivity contribution in [2.24, 2.45) is 11.8 Å². The van der Waals surface area contributed by atoms with Crippen molar-refractivity contribution in [1.29, 1.82) is 0 Å². The molecule has 0 aliphatic carbocycles. The van der Waals surface area contributed by atoms with Crippen LogP contribution in [0.4, 0.5) is 0 Å². The van der Waals surface area contributed by atoms with Crippen LogP contribution in [0.2, 0.25) is 0 Å². The number of ether oxygens (including phenoxy) is 1. The van der Waals surface area contributed by atoms with Crippen LogP contribution in [-0.4, -0.2) is 62.3 Å². The fraction of sp³-hybridized carbons (Fsp3) is 0.938. The third kappa shape index (κ3) is 5.93. The van der Waals surface area contributed by atoms with Gasteiger partial charge in [-0.05, 0) is 25.2 Å². The van der Waals surface area contributed by atoms with Crippen molar-refractivity contribution < 1.29 is 9.53 Å². The van der Waals surface area contributed by atoms with E-state index in [2.05, 4.69) is 36.3 Å². The van der Waals surface area contributed by atoms with Crippen LogP contribution in [0.15, 0.2) is 0 Å². The predicted molar refractivity (Wildman–Crippen MR) is 84.2 cm³/mol. The highest BCUT2D eigenvalue weighted by Gasteiger charge is 2.24. The summed E-state index contributed by atoms with van der Waals surface area (Å²) in [5, 5.41) is 6.45. The maximum Gasteiger partial charge on any atom is 0.221 e. The second-order valence-corrected chi connectivity index (χ2v) is 7.06. The van der Waals surface area contributed by atoms with Gasteiger partial charge in [0.1, 0.15) is 0 Å². The number of hydrogen-bond donors (Lipinski definition) is 2. The van der Waals surface area contributed by atoms with E-state index in [0.717, 1.165) is 44.6 Å². The quantitative estimate of drug-likeness (QED) is 0.790. The Morgan fingerprint density at radius 2 is 2.10 bits per heavy atom. The fourth-order valence-electron chi connectivity index (χ4n) is 3.68. The van der Waals surface area contributed by atoms with Gasteiger partial charge in [0.25, 0.3) is 0 Å². The maximum atomic E-state index is 12.1. The van der Waals surface area contributed by atoms with Crippen LogP contribution in [0.3, 0.4) is 0 Å². The Morgan fingerprint density at radius 3 is 2.71 bits per heavy atom. The Labute approximate surface area is 128 Å². The molecule has 0 aromatic rings. The second-order valence-electron chi connectivity index (χ2n) is 7.06. The van der Waals surface area contributed by atoms with E-state index in [1.54, 1.807) is 0 Å². The standard InChI is InChI=1S/C16H31N3O2/c1-12-6-13(2)9-19(8-12)10-14(3)18-16(20)7-15-11-21-5-4-17-15/h12-15,17H,4-11H2,1-3H3,(H,18,20). The van der Waals surface area contributed by atoms with Crippen LogP contribution in [-0.2, 0) is 9.53 Å². The summed E-state index contributed by atoms with van der Waals surface area (Å²) in [6.07, 6.45) is 1.84. The molecule has 1 amide bonds. The molecule has 4 unspecified atom stereocenters. The lowest BCUT2D eigenvalue weighted by Crippen LogP contribution is -2.49. The van der Waals surface area contributed by atoms with Crippen molar-refractivity contribution in [3.63, 3.8) is 0 Å². The Bertz CT molecular complexity index is 321. The minimum Gasteiger partial charge on any atom is -0.378 e. The molecule has 0 spiro atoms. The molecule has 0 radical (unpaired) electrons. The number of carbonyl (C=O) groups excluding carboxylic acids is 1. The molecule has 4 atom stereocenters. The van der Waals surface area contributed by atoms with Crippen molar-refractivity contribution >= 4 is 5.91 Å². The smallest absolute Gasteiger partial charge is 0.221 e. The van der Waals surface area contributed by atoms with Crippen LogP contribution in [0.1, 0.15) is 33.6 Å². The lowest BCUT2D eigenvalue weighted by Gasteiger charge is -2.36. The molecule has 2 aliphatic heterocycles. The number of likely N-dealkylation sites (tertiary alicyclic amines) is 1. The molecule has 2 saturated heterocycles. The average Bonchev–Trinajstić information content (AvgIpc) is 2.37. The molecule has 2 N–H and O–H groups in total. The van der Waals surface area contributed by atoms with Gasteiger partial charge in [0.2, 0.25) is 5.91 Å². The van der Waals surface area contributed by atoms with Crippen LogP contribution in [0, 0.1) is 11.8 Å². The number of nitrogens with one attached hydrogen (secondary N) is 2. The molecule has 0 saturated carbocycles. The van der Waals surface area contributed by atoms with Gasteiger partial charge in [-0.1, -0.05) is 13.8 Å². The number of carbonyl (C=O) groups is 1. The van der Waals surface area contributed by atoms with E-state index in [-0.39, 0.29) is 18.0 Å². The number of rotatable bonds is 5. The Kier molecular flexibility index (Phi) is 6.45. The molecule has 5 nitrogen and oxygen atoms in total. The zero-order valence-corrected chi connectivity index (χ0v) is 13.7. The molecule has 0 bridgehead atoms. The minimum absolute atomic E-state index is 0.128. The van der Waals surface area contributed by atoms with Gasteiger partial charge in [-0.25, -0.2) is 0 Å². The fourth-order valence-corrected chi connectivity index (χ4v) is 3.68. The zero-order chi connectivity index (χ0) is 15.2. The molecular formula is C16H31N3O2. The number of amides is 1. The SMILES string of the molecule is CC1CC(C)CN(CC(C)NC(=O)CC2COCCN2)C1. The van der Waals surface area contributed by atoms with Crippen LogP contribution in [0.25, 0.3) is 0 Å². The van der Waals surface area contributed by atoms with Gasteiger partial charge >= 0.3 is 0 Å². The predicted octanol–water partition coefficient (Wildman–Crippen LogP) is 0.848. The Hall–Kier alpha value is -0.650. The first-order chi connectivity index (χ1) is 10.0. The van der Waals surface area contributed by atoms with Gasteiger partial charge in [-0.2, -0.15) is 0 Å². The van der Waals surface area contributed by atoms with E-state index in [1.165, 1.54) is 6.42 Å². The zero-order valence-electron chi connectivity index (χ0n) is 13.7. The molecule has 2 fully saturated rings. The van der Waals surface area contributed by atoms with E-state index in [4.69, 9.17) is 4.74 Å². The Balaban J connectivity index is 1.68. The van der Waals surface area contributed by atoms with Crippen LogP contribution >= 0.6 is 0 Å². The summed E-state index contributed by atoms with van der Waals surface area (Å²) in [7, 11) is 0. The van der Waals surface area contributed by atoms with Crippen molar-refractivity contribution in [1.82, 2.24) is 15.5 Å². The van der Waals surface area contributed by atoms with E-state index in [9.17, 15) is 4.79 Å². The lowest BCUT2D eigenvalue weighted by molar-refractivity contribution is -0.123. The summed E-state index contributed by atoms with van der Waals surface area (Å²) in [5.74, 6) is 1.66. The van der Waals surface area contributed by atoms with Crippen LogP contribution < -0.4 is 10.6 Å². The van der Waals surface area contributed by atoms with Gasteiger partial charge in [0.05, 0.1) is 13.2 Å². The first-order valence-electron chi connectivity index (χ1n) is 8.35. The average molecular weight is 297 g/mol. The largest absolute Gasteiger partial charge is 0.378 e. The van der Waals surface area contributed by atoms with Crippen molar-refractivity contribution in [2.75, 3.05) is 39.4 Å². The van der Waals surface area contributed by atoms with Crippen molar-refractivity contribution in [2.45, 2.75) is 45.7 Å². The van der Waals surface area contributed by atoms with Crippen LogP contribution in [0.5, 0.6) is 0 Å². The van der Waals surface area contributed by atoms with Gasteiger partial charge in [0.15, 0.2) is 0 Å². The molecule has 5 heteroatoms. The number of piperidine rings is 1. The van der Waals surface area contributed by atoms with E-state index >= 15 is 0 Å². The molecule has 2 rings (SSSR count). The first kappa shape index (κ1) is 16.7. The van der Waals surface area contributed by atoms with E-state index in [0.29, 0.717) is 13.0 Å². The minimum atomic E-state index is 0.128. The summed E-state index contributed by atoms with van der Waals surface area (Å²) < 4.78 is 5.38. The molecular weight excluding hydrogens is 266 g/mol. The third-order valence-electron chi connectivity index (χ3n) is 4.31. The Morgan fingerprint density at radius 1 is 1.38 bits per heavy atom. The lowest BCUT2D eigenvalue weighted by atomic mass is 9.92. The van der Waals surface area contributed by atoms with Gasteiger partial charge in [-0.15, -0.1) is 0 Å². The first-order valence-corrected chi connectivity index (χ1v) is 8.35. The molecule has 0 aromatic carbocycles. The van der Waals surface area contributed by atoms with Crippen molar-refractivity contribution in [3.8, 4) is 0 Å². The summed E-state index contributed by atoms with van der Waals surface area (Å²) in [6, 6.07) is 0.375. The third-order valence-corrected chi connectivity index (χ3v) is 4.31. The van der Waals surface area contributed by atoms with Gasteiger partial charge in [-0.3, -0.25) is 4.79 Å². The van der Waals surface area contributed by atoms with Gasteiger partial charge in [0, 0.05) is 44.7 Å². The topological polar surface area (TPSA) is 53.6 Å². The highest BCUT2D eigenvalue weighted by molar-refractivity contribution is 5.76. The molecule has 2 heterocycles. The van der Waals surface area contributed by atoms with Crippen molar-refractivity contribution in [3.05, 3.63) is 0 Å². The molecule has 122 valence electrons. The molecule has 2 aliphatic rings. The highest BCUT2D eigenvalue weighted by atomic mass is 16.5. The second kappa shape index (κ2) is 8.11. The van der Waals surface area contributed by atoms with Gasteiger partial charge < -0.3 is 20.3 Å². The number of hydrogen-bond acceptors (Lipinski definition) is 4. The molecule has 0 aromatic heterocycles. The summed E-state index contributed by atoms with van der Waals surface area (Å²) in [4.78, 5) is 14.6. The summed E-state index contributed by atoms with van der Waals surface area (Å²) in [6.45, 7) is 12.2. The normalized spacial score (nSPS) is 32.6. The van der Waals surface area contributed by atoms with E-state index < -0.39 is 0 Å². The van der Waals surface area contributed by atoms with E-state index in [1.807, 2.05) is 0 Å². The maximum absolute atomic E-state index is 12.1. The number of nitrogens with zero attached hydrogens (tertiary/aromatic N) is 1. The monoisotopic (exact) mass is 297 g/mol. The molecule has 21 heavy (non-hydrogen) atoms. The highest BCUT2D eigenvalue weighted by Crippen LogP contribution is 2.20.